The fourth-order valence-corrected chi connectivity index (χ4v) is 3.78. The summed E-state index contributed by atoms with van der Waals surface area (Å²) in [6.45, 7) is 5.97. The molecular formula is C16H18N2. The summed E-state index contributed by atoms with van der Waals surface area (Å²) < 4.78 is 0. The van der Waals surface area contributed by atoms with Crippen LogP contribution in [0, 0.1) is 5.92 Å². The summed E-state index contributed by atoms with van der Waals surface area (Å²) in [6.07, 6.45) is 3.26. The maximum Gasteiger partial charge on any atom is 0.0704 e. The zero-order chi connectivity index (χ0) is 12.2. The molecule has 2 atom stereocenters. The van der Waals surface area contributed by atoms with E-state index in [1.807, 2.05) is 6.20 Å². The van der Waals surface area contributed by atoms with Crippen LogP contribution in [0.5, 0.6) is 0 Å². The van der Waals surface area contributed by atoms with Gasteiger partial charge in [0.25, 0.3) is 0 Å². The van der Waals surface area contributed by atoms with Gasteiger partial charge in [-0.25, -0.2) is 0 Å². The molecule has 1 aliphatic heterocycles. The van der Waals surface area contributed by atoms with Crippen LogP contribution in [0.15, 0.2) is 36.5 Å². The lowest BCUT2D eigenvalue weighted by molar-refractivity contribution is 0.314. The van der Waals surface area contributed by atoms with E-state index in [1.54, 1.807) is 0 Å². The Bertz CT molecular complexity index is 602. The van der Waals surface area contributed by atoms with Crippen molar-refractivity contribution in [2.75, 3.05) is 19.6 Å². The number of benzene rings is 1. The number of piperidine rings is 1. The van der Waals surface area contributed by atoms with Gasteiger partial charge in [0.05, 0.1) is 5.52 Å². The zero-order valence-corrected chi connectivity index (χ0v) is 10.8. The number of nitrogens with zero attached hydrogens (tertiary/aromatic N) is 2. The molecule has 1 saturated carbocycles. The van der Waals surface area contributed by atoms with E-state index < -0.39 is 0 Å². The molecule has 0 amide bonds. The van der Waals surface area contributed by atoms with Gasteiger partial charge < -0.3 is 4.90 Å². The minimum atomic E-state index is 0.443. The Labute approximate surface area is 108 Å². The normalized spacial score (nSPS) is 30.6. The van der Waals surface area contributed by atoms with Crippen molar-refractivity contribution in [1.29, 1.82) is 0 Å². The molecule has 2 heterocycles. The van der Waals surface area contributed by atoms with E-state index in [2.05, 4.69) is 47.1 Å². The third kappa shape index (κ3) is 1.30. The summed E-state index contributed by atoms with van der Waals surface area (Å²) in [4.78, 5) is 7.08. The van der Waals surface area contributed by atoms with Gasteiger partial charge in [-0.3, -0.25) is 4.98 Å². The molecule has 1 saturated heterocycles. The first-order chi connectivity index (χ1) is 8.83. The first-order valence-corrected chi connectivity index (χ1v) is 6.90. The highest BCUT2D eigenvalue weighted by Gasteiger charge is 2.60. The maximum absolute atomic E-state index is 4.49. The monoisotopic (exact) mass is 238 g/mol. The summed E-state index contributed by atoms with van der Waals surface area (Å²) in [6, 6.07) is 10.9. The second-order valence-corrected chi connectivity index (χ2v) is 5.76. The number of fused-ring (bicyclic) bond motifs is 2. The summed E-state index contributed by atoms with van der Waals surface area (Å²) in [7, 11) is 0. The van der Waals surface area contributed by atoms with Gasteiger partial charge in [0.2, 0.25) is 0 Å². The number of rotatable bonds is 2. The van der Waals surface area contributed by atoms with Crippen molar-refractivity contribution in [2.45, 2.75) is 18.8 Å². The molecule has 0 bridgehead atoms. The summed E-state index contributed by atoms with van der Waals surface area (Å²) in [5.41, 5.74) is 3.12. The molecule has 2 aliphatic rings. The molecule has 1 aromatic carbocycles. The lowest BCUT2D eigenvalue weighted by Gasteiger charge is -2.20. The van der Waals surface area contributed by atoms with Gasteiger partial charge in [-0.05, 0) is 36.6 Å². The predicted octanol–water partition coefficient (Wildman–Crippen LogP) is 2.83. The van der Waals surface area contributed by atoms with Crippen molar-refractivity contribution in [2.24, 2.45) is 5.92 Å². The fraction of sp³-hybridized carbons (Fsp3) is 0.438. The SMILES string of the molecule is CCN1CC2CC2(c2cccc3ncccc23)C1. The molecule has 4 rings (SSSR count). The van der Waals surface area contributed by atoms with Gasteiger partial charge in [-0.1, -0.05) is 25.1 Å². The number of hydrogen-bond donors (Lipinski definition) is 0. The molecular weight excluding hydrogens is 220 g/mol. The van der Waals surface area contributed by atoms with Crippen molar-refractivity contribution in [3.05, 3.63) is 42.1 Å². The van der Waals surface area contributed by atoms with Crippen LogP contribution in [-0.4, -0.2) is 29.5 Å². The van der Waals surface area contributed by atoms with Crippen LogP contribution in [0.25, 0.3) is 10.9 Å². The van der Waals surface area contributed by atoms with Crippen LogP contribution < -0.4 is 0 Å². The van der Waals surface area contributed by atoms with Gasteiger partial charge in [0, 0.05) is 30.1 Å². The topological polar surface area (TPSA) is 16.1 Å². The van der Waals surface area contributed by atoms with Crippen molar-refractivity contribution in [3.63, 3.8) is 0 Å². The quantitative estimate of drug-likeness (QED) is 0.799. The second-order valence-electron chi connectivity index (χ2n) is 5.76. The number of aromatic nitrogens is 1. The highest BCUT2D eigenvalue weighted by Crippen LogP contribution is 2.59. The van der Waals surface area contributed by atoms with Crippen LogP contribution in [0.2, 0.25) is 0 Å². The van der Waals surface area contributed by atoms with E-state index in [9.17, 15) is 0 Å². The number of hydrogen-bond acceptors (Lipinski definition) is 2. The first kappa shape index (κ1) is 10.5. The molecule has 18 heavy (non-hydrogen) atoms. The largest absolute Gasteiger partial charge is 0.302 e. The van der Waals surface area contributed by atoms with Gasteiger partial charge in [-0.15, -0.1) is 0 Å². The van der Waals surface area contributed by atoms with Crippen molar-refractivity contribution < 1.29 is 0 Å². The Kier molecular flexibility index (Phi) is 2.07. The van der Waals surface area contributed by atoms with Gasteiger partial charge in [-0.2, -0.15) is 0 Å². The molecule has 1 aliphatic carbocycles. The van der Waals surface area contributed by atoms with Crippen molar-refractivity contribution >= 4 is 10.9 Å². The minimum absolute atomic E-state index is 0.443. The van der Waals surface area contributed by atoms with Gasteiger partial charge in [0.15, 0.2) is 0 Å². The summed E-state index contributed by atoms with van der Waals surface area (Å²) in [5.74, 6) is 0.878. The lowest BCUT2D eigenvalue weighted by Crippen LogP contribution is -2.26. The summed E-state index contributed by atoms with van der Waals surface area (Å²) >= 11 is 0. The molecule has 2 unspecified atom stereocenters. The first-order valence-electron chi connectivity index (χ1n) is 6.90. The number of pyridine rings is 1. The third-order valence-electron chi connectivity index (χ3n) is 4.85. The Morgan fingerprint density at radius 2 is 2.28 bits per heavy atom. The summed E-state index contributed by atoms with van der Waals surface area (Å²) in [5, 5.41) is 1.36. The number of likely N-dealkylation sites (tertiary alicyclic amines) is 1. The fourth-order valence-electron chi connectivity index (χ4n) is 3.78. The average Bonchev–Trinajstić information content (AvgIpc) is 3.00. The minimum Gasteiger partial charge on any atom is -0.302 e. The van der Waals surface area contributed by atoms with Crippen molar-refractivity contribution in [1.82, 2.24) is 9.88 Å². The highest BCUT2D eigenvalue weighted by molar-refractivity contribution is 5.84. The Morgan fingerprint density at radius 1 is 1.33 bits per heavy atom. The third-order valence-corrected chi connectivity index (χ3v) is 4.85. The highest BCUT2D eigenvalue weighted by atomic mass is 15.2. The molecule has 2 fully saturated rings. The molecule has 92 valence electrons. The van der Waals surface area contributed by atoms with Crippen LogP contribution in [-0.2, 0) is 5.41 Å². The average molecular weight is 238 g/mol. The van der Waals surface area contributed by atoms with E-state index >= 15 is 0 Å². The smallest absolute Gasteiger partial charge is 0.0704 e. The molecule has 0 spiro atoms. The Balaban J connectivity index is 1.85. The van der Waals surface area contributed by atoms with Crippen molar-refractivity contribution in [3.8, 4) is 0 Å². The molecule has 0 radical (unpaired) electrons. The molecule has 1 aromatic heterocycles. The van der Waals surface area contributed by atoms with Crippen LogP contribution in [0.1, 0.15) is 18.9 Å². The van der Waals surface area contributed by atoms with E-state index in [4.69, 9.17) is 0 Å². The lowest BCUT2D eigenvalue weighted by atomic mass is 9.91. The number of likely N-dealkylation sites (N-methyl/N-ethyl adjacent to an activating group) is 1. The molecule has 2 aromatic rings. The molecule has 0 N–H and O–H groups in total. The van der Waals surface area contributed by atoms with E-state index in [1.165, 1.54) is 37.0 Å². The van der Waals surface area contributed by atoms with Gasteiger partial charge in [0.1, 0.15) is 0 Å². The Hall–Kier alpha value is -1.41. The van der Waals surface area contributed by atoms with Crippen LogP contribution in [0.3, 0.4) is 0 Å². The standard InChI is InChI=1S/C16H18N2/c1-2-18-10-12-9-16(12,11-18)14-6-3-7-15-13(14)5-4-8-17-15/h3-8,12H,2,9-11H2,1H3. The van der Waals surface area contributed by atoms with Crippen LogP contribution >= 0.6 is 0 Å². The second kappa shape index (κ2) is 3.55. The molecule has 2 heteroatoms. The van der Waals surface area contributed by atoms with E-state index in [0.29, 0.717) is 5.41 Å². The Morgan fingerprint density at radius 3 is 3.11 bits per heavy atom. The van der Waals surface area contributed by atoms with E-state index in [-0.39, 0.29) is 0 Å². The van der Waals surface area contributed by atoms with Crippen LogP contribution in [0.4, 0.5) is 0 Å². The van der Waals surface area contributed by atoms with E-state index in [0.717, 1.165) is 11.4 Å². The zero-order valence-electron chi connectivity index (χ0n) is 10.8. The predicted molar refractivity (Wildman–Crippen MR) is 73.6 cm³/mol. The van der Waals surface area contributed by atoms with Gasteiger partial charge >= 0.3 is 0 Å². The molecule has 2 nitrogen and oxygen atoms in total. The maximum atomic E-state index is 4.49.